The Kier molecular flexibility index (Phi) is 1.68. The lowest BCUT2D eigenvalue weighted by atomic mass is 9.42. The van der Waals surface area contributed by atoms with E-state index in [1.165, 1.54) is 24.8 Å². The van der Waals surface area contributed by atoms with Gasteiger partial charge in [0.2, 0.25) is 0 Å². The molecule has 1 aromatic rings. The molecule has 0 radical (unpaired) electrons. The zero-order valence-corrected chi connectivity index (χ0v) is 10.0. The first-order valence-electron chi connectivity index (χ1n) is 6.11. The average molecular weight is 200 g/mol. The van der Waals surface area contributed by atoms with Crippen LogP contribution in [-0.2, 0) is 10.8 Å². The quantitative estimate of drug-likeness (QED) is 0.642. The standard InChI is InChI=1S/C15H20/c1-14(2,3)12-4-6-13(7-5-12)15-8-11(9-15)10-15/h4-7,11H,8-10H2,1-3H3. The minimum Gasteiger partial charge on any atom is -0.0582 e. The minimum atomic E-state index is 0.290. The van der Waals surface area contributed by atoms with Gasteiger partial charge in [0.15, 0.2) is 0 Å². The van der Waals surface area contributed by atoms with Crippen molar-refractivity contribution in [2.24, 2.45) is 5.92 Å². The molecule has 3 aliphatic rings. The van der Waals surface area contributed by atoms with Gasteiger partial charge >= 0.3 is 0 Å². The smallest absolute Gasteiger partial charge is 0.00390 e. The van der Waals surface area contributed by atoms with Crippen molar-refractivity contribution in [1.82, 2.24) is 0 Å². The molecule has 0 heterocycles. The Morgan fingerprint density at radius 1 is 1.00 bits per heavy atom. The molecule has 0 nitrogen and oxygen atoms in total. The summed E-state index contributed by atoms with van der Waals surface area (Å²) in [6.45, 7) is 6.84. The second kappa shape index (κ2) is 2.66. The molecule has 3 fully saturated rings. The molecular formula is C15H20. The molecule has 0 atom stereocenters. The van der Waals surface area contributed by atoms with Crippen LogP contribution in [-0.4, -0.2) is 0 Å². The molecule has 3 saturated carbocycles. The second-order valence-electron chi connectivity index (χ2n) is 6.59. The fourth-order valence-electron chi connectivity index (χ4n) is 3.16. The van der Waals surface area contributed by atoms with Gasteiger partial charge in [-0.1, -0.05) is 45.0 Å². The lowest BCUT2D eigenvalue weighted by Gasteiger charge is -2.62. The van der Waals surface area contributed by atoms with Gasteiger partial charge in [-0.2, -0.15) is 0 Å². The maximum Gasteiger partial charge on any atom is -0.00390 e. The van der Waals surface area contributed by atoms with E-state index in [9.17, 15) is 0 Å². The zero-order valence-electron chi connectivity index (χ0n) is 10.0. The second-order valence-corrected chi connectivity index (χ2v) is 6.59. The highest BCUT2D eigenvalue weighted by atomic mass is 14.6. The summed E-state index contributed by atoms with van der Waals surface area (Å²) in [4.78, 5) is 0. The molecular weight excluding hydrogens is 180 g/mol. The van der Waals surface area contributed by atoms with Crippen LogP contribution in [0.4, 0.5) is 0 Å². The summed E-state index contributed by atoms with van der Waals surface area (Å²) in [5.74, 6) is 1.08. The van der Waals surface area contributed by atoms with E-state index >= 15 is 0 Å². The molecule has 0 N–H and O–H groups in total. The molecule has 0 spiro atoms. The maximum absolute atomic E-state index is 2.37. The fourth-order valence-corrected chi connectivity index (χ4v) is 3.16. The van der Waals surface area contributed by atoms with Gasteiger partial charge in [0.25, 0.3) is 0 Å². The summed E-state index contributed by atoms with van der Waals surface area (Å²) < 4.78 is 0. The normalized spacial score (nSPS) is 33.1. The van der Waals surface area contributed by atoms with E-state index < -0.39 is 0 Å². The summed E-state index contributed by atoms with van der Waals surface area (Å²) in [5.41, 5.74) is 3.97. The molecule has 1 aromatic carbocycles. The monoisotopic (exact) mass is 200 g/mol. The van der Waals surface area contributed by atoms with Crippen molar-refractivity contribution in [1.29, 1.82) is 0 Å². The van der Waals surface area contributed by atoms with Gasteiger partial charge in [-0.15, -0.1) is 0 Å². The van der Waals surface area contributed by atoms with Crippen LogP contribution in [0.5, 0.6) is 0 Å². The fraction of sp³-hybridized carbons (Fsp3) is 0.600. The largest absolute Gasteiger partial charge is 0.0582 e. The van der Waals surface area contributed by atoms with E-state index in [4.69, 9.17) is 0 Å². The molecule has 0 amide bonds. The van der Waals surface area contributed by atoms with Crippen LogP contribution in [0, 0.1) is 5.92 Å². The van der Waals surface area contributed by atoms with Crippen LogP contribution in [0.25, 0.3) is 0 Å². The summed E-state index contributed by atoms with van der Waals surface area (Å²) in [6.07, 6.45) is 4.38. The van der Waals surface area contributed by atoms with Crippen molar-refractivity contribution < 1.29 is 0 Å². The number of hydrogen-bond donors (Lipinski definition) is 0. The van der Waals surface area contributed by atoms with Crippen molar-refractivity contribution in [2.45, 2.75) is 50.9 Å². The van der Waals surface area contributed by atoms with E-state index in [1.807, 2.05) is 0 Å². The number of hydrogen-bond acceptors (Lipinski definition) is 0. The summed E-state index contributed by atoms with van der Waals surface area (Å²) >= 11 is 0. The predicted molar refractivity (Wildman–Crippen MR) is 64.2 cm³/mol. The SMILES string of the molecule is CC(C)(C)c1ccc(C23CC(C2)C3)cc1. The summed E-state index contributed by atoms with van der Waals surface area (Å²) in [5, 5.41) is 0. The van der Waals surface area contributed by atoms with Crippen molar-refractivity contribution >= 4 is 0 Å². The zero-order chi connectivity index (χ0) is 10.7. The van der Waals surface area contributed by atoms with Crippen LogP contribution in [0.1, 0.15) is 51.2 Å². The summed E-state index contributed by atoms with van der Waals surface area (Å²) in [6, 6.07) is 9.40. The van der Waals surface area contributed by atoms with E-state index in [0.29, 0.717) is 5.41 Å². The highest BCUT2D eigenvalue weighted by Crippen LogP contribution is 2.65. The minimum absolute atomic E-state index is 0.290. The van der Waals surface area contributed by atoms with E-state index in [-0.39, 0.29) is 5.41 Å². The van der Waals surface area contributed by atoms with Gasteiger partial charge < -0.3 is 0 Å². The van der Waals surface area contributed by atoms with E-state index in [1.54, 1.807) is 5.56 Å². The maximum atomic E-state index is 2.37. The van der Waals surface area contributed by atoms with Gasteiger partial charge in [0, 0.05) is 0 Å². The Labute approximate surface area is 92.7 Å². The third-order valence-electron chi connectivity index (χ3n) is 4.40. The highest BCUT2D eigenvalue weighted by Gasteiger charge is 2.57. The van der Waals surface area contributed by atoms with Crippen molar-refractivity contribution in [3.63, 3.8) is 0 Å². The highest BCUT2D eigenvalue weighted by molar-refractivity contribution is 5.38. The van der Waals surface area contributed by atoms with Gasteiger partial charge in [0.05, 0.1) is 0 Å². The first-order chi connectivity index (χ1) is 7.00. The molecule has 0 aromatic heterocycles. The molecule has 0 heteroatoms. The first-order valence-corrected chi connectivity index (χ1v) is 6.11. The number of benzene rings is 1. The van der Waals surface area contributed by atoms with Crippen LogP contribution in [0.3, 0.4) is 0 Å². The van der Waals surface area contributed by atoms with E-state index in [2.05, 4.69) is 45.0 Å². The Morgan fingerprint density at radius 2 is 1.53 bits per heavy atom. The third kappa shape index (κ3) is 1.27. The molecule has 80 valence electrons. The predicted octanol–water partition coefficient (Wildman–Crippen LogP) is 4.04. The van der Waals surface area contributed by atoms with Crippen molar-refractivity contribution in [2.75, 3.05) is 0 Å². The lowest BCUT2D eigenvalue weighted by Crippen LogP contribution is -2.55. The molecule has 0 aliphatic heterocycles. The van der Waals surface area contributed by atoms with Crippen molar-refractivity contribution in [3.8, 4) is 0 Å². The third-order valence-corrected chi connectivity index (χ3v) is 4.40. The van der Waals surface area contributed by atoms with Gasteiger partial charge in [-0.25, -0.2) is 0 Å². The van der Waals surface area contributed by atoms with Crippen LogP contribution in [0.15, 0.2) is 24.3 Å². The first kappa shape index (κ1) is 9.45. The molecule has 2 bridgehead atoms. The Morgan fingerprint density at radius 3 is 1.87 bits per heavy atom. The molecule has 15 heavy (non-hydrogen) atoms. The van der Waals surface area contributed by atoms with Crippen molar-refractivity contribution in [3.05, 3.63) is 35.4 Å². The summed E-state index contributed by atoms with van der Waals surface area (Å²) in [7, 11) is 0. The van der Waals surface area contributed by atoms with Gasteiger partial charge in [-0.3, -0.25) is 0 Å². The van der Waals surface area contributed by atoms with Crippen LogP contribution < -0.4 is 0 Å². The Balaban J connectivity index is 1.88. The molecule has 4 rings (SSSR count). The molecule has 3 aliphatic carbocycles. The van der Waals surface area contributed by atoms with Crippen LogP contribution >= 0.6 is 0 Å². The Hall–Kier alpha value is -0.780. The van der Waals surface area contributed by atoms with Crippen LogP contribution in [0.2, 0.25) is 0 Å². The Bertz CT molecular complexity index is 360. The van der Waals surface area contributed by atoms with E-state index in [0.717, 1.165) is 5.92 Å². The number of rotatable bonds is 1. The molecule has 0 saturated heterocycles. The lowest BCUT2D eigenvalue weighted by molar-refractivity contribution is -0.0274. The topological polar surface area (TPSA) is 0 Å². The average Bonchev–Trinajstić information content (AvgIpc) is 1.97. The van der Waals surface area contributed by atoms with Gasteiger partial charge in [-0.05, 0) is 47.1 Å². The van der Waals surface area contributed by atoms with Gasteiger partial charge in [0.1, 0.15) is 0 Å². The molecule has 0 unspecified atom stereocenters.